The van der Waals surface area contributed by atoms with E-state index in [9.17, 15) is 14.0 Å². The van der Waals surface area contributed by atoms with Crippen LogP contribution in [0.5, 0.6) is 0 Å². The molecule has 0 aliphatic carbocycles. The van der Waals surface area contributed by atoms with E-state index in [4.69, 9.17) is 4.74 Å². The van der Waals surface area contributed by atoms with E-state index in [1.54, 1.807) is 0 Å². The molecule has 7 heteroatoms. The van der Waals surface area contributed by atoms with Gasteiger partial charge in [-0.2, -0.15) is 0 Å². The first-order chi connectivity index (χ1) is 12.0. The number of hydrogen-bond donors (Lipinski definition) is 2. The number of hydrogen-bond acceptors (Lipinski definition) is 4. The monoisotopic (exact) mass is 349 g/mol. The van der Waals surface area contributed by atoms with Gasteiger partial charge in [0, 0.05) is 10.9 Å². The molecule has 6 nitrogen and oxygen atoms in total. The van der Waals surface area contributed by atoms with Crippen molar-refractivity contribution in [3.05, 3.63) is 29.7 Å². The van der Waals surface area contributed by atoms with Crippen molar-refractivity contribution in [3.63, 3.8) is 0 Å². The first kappa shape index (κ1) is 18.9. The van der Waals surface area contributed by atoms with Gasteiger partial charge in [-0.1, -0.05) is 13.8 Å². The molecule has 0 atom stereocenters. The number of nitrogens with one attached hydrogen (secondary N) is 2. The van der Waals surface area contributed by atoms with Gasteiger partial charge >= 0.3 is 5.97 Å². The van der Waals surface area contributed by atoms with Crippen LogP contribution in [0.2, 0.25) is 0 Å². The number of aromatic nitrogens is 1. The molecule has 25 heavy (non-hydrogen) atoms. The Kier molecular flexibility index (Phi) is 6.52. The zero-order chi connectivity index (χ0) is 18.4. The van der Waals surface area contributed by atoms with E-state index in [1.165, 1.54) is 25.3 Å². The summed E-state index contributed by atoms with van der Waals surface area (Å²) in [4.78, 5) is 29.4. The Hall–Kier alpha value is -2.41. The van der Waals surface area contributed by atoms with Crippen LogP contribution < -0.4 is 5.32 Å². The van der Waals surface area contributed by atoms with E-state index in [0.717, 1.165) is 25.9 Å². The van der Waals surface area contributed by atoms with Crippen LogP contribution in [0, 0.1) is 5.82 Å². The summed E-state index contributed by atoms with van der Waals surface area (Å²) in [6.07, 6.45) is 1.89. The topological polar surface area (TPSA) is 74.4 Å². The number of carbonyl (C=O) groups excluding carboxylic acids is 2. The van der Waals surface area contributed by atoms with Crippen molar-refractivity contribution >= 4 is 28.5 Å². The van der Waals surface area contributed by atoms with Gasteiger partial charge in [-0.3, -0.25) is 9.69 Å². The summed E-state index contributed by atoms with van der Waals surface area (Å²) in [5.74, 6) is -1.32. The van der Waals surface area contributed by atoms with Gasteiger partial charge < -0.3 is 15.0 Å². The number of H-pyrrole nitrogens is 1. The lowest BCUT2D eigenvalue weighted by molar-refractivity contribution is -0.117. The first-order valence-electron chi connectivity index (χ1n) is 8.41. The molecule has 1 aromatic heterocycles. The predicted molar refractivity (Wildman–Crippen MR) is 95.2 cm³/mol. The third-order valence-electron chi connectivity index (χ3n) is 3.86. The second kappa shape index (κ2) is 8.62. The Morgan fingerprint density at radius 1 is 1.24 bits per heavy atom. The SMILES string of the molecule is CCCN(CCC)CC(=O)Nc1c(C(=O)OC)[nH]c2ccc(F)cc12. The van der Waals surface area contributed by atoms with Crippen molar-refractivity contribution in [2.24, 2.45) is 0 Å². The molecule has 1 heterocycles. The number of carbonyl (C=O) groups is 2. The molecule has 0 saturated carbocycles. The van der Waals surface area contributed by atoms with E-state index >= 15 is 0 Å². The summed E-state index contributed by atoms with van der Waals surface area (Å²) < 4.78 is 18.4. The standard InChI is InChI=1S/C18H24FN3O3/c1-4-8-22(9-5-2)11-15(23)21-16-13-10-12(19)6-7-14(13)20-17(16)18(24)25-3/h6-7,10,20H,4-5,8-9,11H2,1-3H3,(H,21,23). The molecule has 0 saturated heterocycles. The van der Waals surface area contributed by atoms with Crippen molar-refractivity contribution in [1.82, 2.24) is 9.88 Å². The van der Waals surface area contributed by atoms with Crippen LogP contribution in [-0.2, 0) is 9.53 Å². The minimum atomic E-state index is -0.620. The van der Waals surface area contributed by atoms with Crippen molar-refractivity contribution in [3.8, 4) is 0 Å². The molecule has 0 aliphatic heterocycles. The molecular formula is C18H24FN3O3. The largest absolute Gasteiger partial charge is 0.464 e. The van der Waals surface area contributed by atoms with Crippen LogP contribution in [0.25, 0.3) is 10.9 Å². The second-order valence-corrected chi connectivity index (χ2v) is 5.88. The Balaban J connectivity index is 2.30. The second-order valence-electron chi connectivity index (χ2n) is 5.88. The van der Waals surface area contributed by atoms with Crippen LogP contribution in [0.15, 0.2) is 18.2 Å². The molecule has 2 N–H and O–H groups in total. The number of benzene rings is 1. The normalized spacial score (nSPS) is 11.1. The number of methoxy groups -OCH3 is 1. The van der Waals surface area contributed by atoms with E-state index in [1.807, 2.05) is 4.90 Å². The van der Waals surface area contributed by atoms with Gasteiger partial charge in [-0.05, 0) is 44.1 Å². The fourth-order valence-corrected chi connectivity index (χ4v) is 2.83. The fraction of sp³-hybridized carbons (Fsp3) is 0.444. The maximum absolute atomic E-state index is 13.6. The van der Waals surface area contributed by atoms with E-state index in [2.05, 4.69) is 24.1 Å². The molecule has 2 rings (SSSR count). The van der Waals surface area contributed by atoms with Crippen LogP contribution in [-0.4, -0.2) is 48.5 Å². The summed E-state index contributed by atoms with van der Waals surface area (Å²) >= 11 is 0. The third kappa shape index (κ3) is 4.57. The highest BCUT2D eigenvalue weighted by Gasteiger charge is 2.21. The number of rotatable bonds is 8. The van der Waals surface area contributed by atoms with E-state index in [0.29, 0.717) is 10.9 Å². The molecule has 1 amide bonds. The number of nitrogens with zero attached hydrogens (tertiary/aromatic N) is 1. The molecule has 1 aromatic carbocycles. The minimum absolute atomic E-state index is 0.106. The fourth-order valence-electron chi connectivity index (χ4n) is 2.83. The molecule has 0 fully saturated rings. The zero-order valence-corrected chi connectivity index (χ0v) is 14.8. The third-order valence-corrected chi connectivity index (χ3v) is 3.86. The molecule has 0 bridgehead atoms. The molecular weight excluding hydrogens is 325 g/mol. The lowest BCUT2D eigenvalue weighted by atomic mass is 10.2. The minimum Gasteiger partial charge on any atom is -0.464 e. The predicted octanol–water partition coefficient (Wildman–Crippen LogP) is 3.15. The highest BCUT2D eigenvalue weighted by Crippen LogP contribution is 2.29. The number of amides is 1. The average Bonchev–Trinajstić information content (AvgIpc) is 2.92. The average molecular weight is 349 g/mol. The number of aromatic amines is 1. The Morgan fingerprint density at radius 2 is 1.92 bits per heavy atom. The maximum Gasteiger partial charge on any atom is 0.356 e. The van der Waals surface area contributed by atoms with Crippen LogP contribution >= 0.6 is 0 Å². The molecule has 0 aliphatic rings. The maximum atomic E-state index is 13.6. The van der Waals surface area contributed by atoms with Gasteiger partial charge in [-0.15, -0.1) is 0 Å². The summed E-state index contributed by atoms with van der Waals surface area (Å²) in [7, 11) is 1.25. The lowest BCUT2D eigenvalue weighted by Crippen LogP contribution is -2.34. The molecule has 0 unspecified atom stereocenters. The number of esters is 1. The number of anilines is 1. The first-order valence-corrected chi connectivity index (χ1v) is 8.41. The van der Waals surface area contributed by atoms with Crippen molar-refractivity contribution < 1.29 is 18.7 Å². The summed E-state index contributed by atoms with van der Waals surface area (Å²) in [6, 6.07) is 4.09. The number of halogens is 1. The van der Waals surface area contributed by atoms with E-state index < -0.39 is 11.8 Å². The smallest absolute Gasteiger partial charge is 0.356 e. The Bertz CT molecular complexity index is 751. The summed E-state index contributed by atoms with van der Waals surface area (Å²) in [5.41, 5.74) is 0.907. The van der Waals surface area contributed by atoms with Gasteiger partial charge in [0.15, 0.2) is 0 Å². The van der Waals surface area contributed by atoms with E-state index in [-0.39, 0.29) is 23.8 Å². The van der Waals surface area contributed by atoms with Crippen LogP contribution in [0.4, 0.5) is 10.1 Å². The van der Waals surface area contributed by atoms with Crippen molar-refractivity contribution in [2.75, 3.05) is 32.1 Å². The van der Waals surface area contributed by atoms with Gasteiger partial charge in [-0.25, -0.2) is 9.18 Å². The van der Waals surface area contributed by atoms with Crippen LogP contribution in [0.1, 0.15) is 37.2 Å². The number of fused-ring (bicyclic) bond motifs is 1. The summed E-state index contributed by atoms with van der Waals surface area (Å²) in [5, 5.41) is 3.18. The molecule has 2 aromatic rings. The highest BCUT2D eigenvalue weighted by atomic mass is 19.1. The van der Waals surface area contributed by atoms with Crippen molar-refractivity contribution in [2.45, 2.75) is 26.7 Å². The molecule has 0 radical (unpaired) electrons. The van der Waals surface area contributed by atoms with Crippen LogP contribution in [0.3, 0.4) is 0 Å². The highest BCUT2D eigenvalue weighted by molar-refractivity contribution is 6.11. The van der Waals surface area contributed by atoms with Gasteiger partial charge in [0.25, 0.3) is 0 Å². The van der Waals surface area contributed by atoms with Gasteiger partial charge in [0.2, 0.25) is 5.91 Å². The lowest BCUT2D eigenvalue weighted by Gasteiger charge is -2.20. The number of ether oxygens (including phenoxy) is 1. The molecule has 136 valence electrons. The quantitative estimate of drug-likeness (QED) is 0.718. The Morgan fingerprint density at radius 3 is 2.52 bits per heavy atom. The Labute approximate surface area is 146 Å². The van der Waals surface area contributed by atoms with Gasteiger partial charge in [0.1, 0.15) is 11.5 Å². The molecule has 0 spiro atoms. The zero-order valence-electron chi connectivity index (χ0n) is 14.8. The van der Waals surface area contributed by atoms with Gasteiger partial charge in [0.05, 0.1) is 19.3 Å². The summed E-state index contributed by atoms with van der Waals surface area (Å²) in [6.45, 7) is 5.95. The van der Waals surface area contributed by atoms with Crippen molar-refractivity contribution in [1.29, 1.82) is 0 Å².